The molecule has 0 aliphatic heterocycles. The summed E-state index contributed by atoms with van der Waals surface area (Å²) >= 11 is 0. The van der Waals surface area contributed by atoms with Crippen LogP contribution in [-0.2, 0) is 4.79 Å². The van der Waals surface area contributed by atoms with Crippen molar-refractivity contribution in [2.24, 2.45) is 0 Å². The lowest BCUT2D eigenvalue weighted by molar-refractivity contribution is 0.551. The molecule has 45 valence electrons. The Morgan fingerprint density at radius 1 is 1.75 bits per heavy atom. The minimum Gasteiger partial charge on any atom is -0.306 e. The second kappa shape index (κ2) is 6.37. The summed E-state index contributed by atoms with van der Waals surface area (Å²) in [6.07, 6.45) is 5.60. The van der Waals surface area contributed by atoms with Crippen LogP contribution in [-0.4, -0.2) is 19.4 Å². The van der Waals surface area contributed by atoms with Gasteiger partial charge in [-0.1, -0.05) is 12.2 Å². The minimum atomic E-state index is 0.324. The molecule has 0 aromatic rings. The molecule has 0 atom stereocenters. The Bertz CT molecular complexity index is 78.6. The molecule has 0 rings (SSSR count). The van der Waals surface area contributed by atoms with E-state index in [1.165, 1.54) is 0 Å². The lowest BCUT2D eigenvalue weighted by atomic mass is 10.5. The van der Waals surface area contributed by atoms with Crippen LogP contribution in [0.1, 0.15) is 6.92 Å². The van der Waals surface area contributed by atoms with Crippen LogP contribution in [0.3, 0.4) is 0 Å². The summed E-state index contributed by atoms with van der Waals surface area (Å²) in [7, 11) is 0. The molecule has 0 spiro atoms. The highest BCUT2D eigenvalue weighted by molar-refractivity contribution is 5.52. The van der Waals surface area contributed by atoms with Gasteiger partial charge in [-0.15, -0.1) is 0 Å². The van der Waals surface area contributed by atoms with Gasteiger partial charge >= 0.3 is 0 Å². The van der Waals surface area contributed by atoms with Gasteiger partial charge in [0.05, 0.1) is 6.54 Å². The highest BCUT2D eigenvalue weighted by atomic mass is 16.1. The molecule has 0 unspecified atom stereocenters. The predicted octanol–water partition coefficient (Wildman–Crippen LogP) is 0.262. The summed E-state index contributed by atoms with van der Waals surface area (Å²) in [6.45, 7) is 3.02. The van der Waals surface area contributed by atoms with E-state index >= 15 is 0 Å². The van der Waals surface area contributed by atoms with Crippen LogP contribution < -0.4 is 5.32 Å². The second-order valence-corrected chi connectivity index (χ2v) is 1.34. The van der Waals surface area contributed by atoms with Crippen molar-refractivity contribution >= 4 is 6.29 Å². The molecule has 0 amide bonds. The van der Waals surface area contributed by atoms with Crippen LogP contribution in [0.25, 0.3) is 0 Å². The molecule has 0 aliphatic rings. The Balaban J connectivity index is 2.82. The Kier molecular flexibility index (Phi) is 5.87. The van der Waals surface area contributed by atoms with Crippen LogP contribution in [0.2, 0.25) is 0 Å². The van der Waals surface area contributed by atoms with E-state index in [0.29, 0.717) is 6.54 Å². The number of allylic oxidation sites excluding steroid dienone is 1. The number of hydrogen-bond donors (Lipinski definition) is 1. The van der Waals surface area contributed by atoms with E-state index in [-0.39, 0.29) is 0 Å². The van der Waals surface area contributed by atoms with Crippen molar-refractivity contribution in [3.8, 4) is 0 Å². The molecule has 0 bridgehead atoms. The largest absolute Gasteiger partial charge is 0.306 e. The quantitative estimate of drug-likeness (QED) is 0.417. The van der Waals surface area contributed by atoms with Gasteiger partial charge in [0.25, 0.3) is 0 Å². The van der Waals surface area contributed by atoms with Crippen LogP contribution in [0.4, 0.5) is 0 Å². The SMILES string of the molecule is C/C=C/CNC[C]=O. The molecule has 1 N–H and O–H groups in total. The van der Waals surface area contributed by atoms with Crippen LogP contribution in [0, 0.1) is 0 Å². The normalized spacial score (nSPS) is 10.1. The topological polar surface area (TPSA) is 29.1 Å². The van der Waals surface area contributed by atoms with E-state index in [0.717, 1.165) is 6.54 Å². The molecule has 0 fully saturated rings. The maximum Gasteiger partial charge on any atom is 0.213 e. The van der Waals surface area contributed by atoms with E-state index in [1.54, 1.807) is 6.29 Å². The van der Waals surface area contributed by atoms with Gasteiger partial charge < -0.3 is 5.32 Å². The van der Waals surface area contributed by atoms with Crippen molar-refractivity contribution in [3.63, 3.8) is 0 Å². The van der Waals surface area contributed by atoms with Gasteiger partial charge in [-0.25, -0.2) is 0 Å². The van der Waals surface area contributed by atoms with Gasteiger partial charge in [0, 0.05) is 6.54 Å². The average molecular weight is 112 g/mol. The van der Waals surface area contributed by atoms with Crippen LogP contribution in [0.15, 0.2) is 12.2 Å². The molecule has 2 heteroatoms. The third kappa shape index (κ3) is 5.37. The van der Waals surface area contributed by atoms with Crippen molar-refractivity contribution in [1.29, 1.82) is 0 Å². The highest BCUT2D eigenvalue weighted by Gasteiger charge is 1.75. The van der Waals surface area contributed by atoms with Gasteiger partial charge in [0.15, 0.2) is 0 Å². The van der Waals surface area contributed by atoms with E-state index in [4.69, 9.17) is 0 Å². The first-order valence-electron chi connectivity index (χ1n) is 2.58. The molecule has 0 heterocycles. The van der Waals surface area contributed by atoms with Crippen molar-refractivity contribution < 1.29 is 4.79 Å². The predicted molar refractivity (Wildman–Crippen MR) is 33.4 cm³/mol. The summed E-state index contributed by atoms with van der Waals surface area (Å²) in [6, 6.07) is 0. The summed E-state index contributed by atoms with van der Waals surface area (Å²) in [4.78, 5) is 9.56. The van der Waals surface area contributed by atoms with Gasteiger partial charge in [-0.05, 0) is 6.92 Å². The van der Waals surface area contributed by atoms with E-state index < -0.39 is 0 Å². The maximum absolute atomic E-state index is 9.56. The summed E-state index contributed by atoms with van der Waals surface area (Å²) in [5.74, 6) is 0. The molecule has 2 nitrogen and oxygen atoms in total. The lowest BCUT2D eigenvalue weighted by Crippen LogP contribution is -2.15. The Labute approximate surface area is 49.6 Å². The number of hydrogen-bond acceptors (Lipinski definition) is 2. The Morgan fingerprint density at radius 2 is 2.50 bits per heavy atom. The summed E-state index contributed by atoms with van der Waals surface area (Å²) < 4.78 is 0. The molecule has 0 saturated carbocycles. The van der Waals surface area contributed by atoms with E-state index in [9.17, 15) is 4.79 Å². The van der Waals surface area contributed by atoms with E-state index in [1.807, 2.05) is 19.1 Å². The first kappa shape index (κ1) is 7.37. The fourth-order valence-corrected chi connectivity index (χ4v) is 0.324. The average Bonchev–Trinajstić information content (AvgIpc) is 1.81. The van der Waals surface area contributed by atoms with Gasteiger partial charge in [0.1, 0.15) is 0 Å². The minimum absolute atomic E-state index is 0.324. The number of rotatable bonds is 4. The molecule has 0 aromatic carbocycles. The zero-order valence-electron chi connectivity index (χ0n) is 4.98. The third-order valence-corrected chi connectivity index (χ3v) is 0.695. The smallest absolute Gasteiger partial charge is 0.213 e. The van der Waals surface area contributed by atoms with Gasteiger partial charge in [-0.3, -0.25) is 4.79 Å². The summed E-state index contributed by atoms with van der Waals surface area (Å²) in [5.41, 5.74) is 0. The molecule has 0 aliphatic carbocycles. The molecular weight excluding hydrogens is 102 g/mol. The van der Waals surface area contributed by atoms with Crippen molar-refractivity contribution in [2.75, 3.05) is 13.1 Å². The van der Waals surface area contributed by atoms with Gasteiger partial charge in [-0.2, -0.15) is 0 Å². The van der Waals surface area contributed by atoms with Crippen molar-refractivity contribution in [3.05, 3.63) is 12.2 Å². The maximum atomic E-state index is 9.56. The third-order valence-electron chi connectivity index (χ3n) is 0.695. The lowest BCUT2D eigenvalue weighted by Gasteiger charge is -1.88. The Hall–Kier alpha value is -0.630. The molecule has 1 radical (unpaired) electrons. The monoisotopic (exact) mass is 112 g/mol. The number of nitrogens with one attached hydrogen (secondary N) is 1. The first-order chi connectivity index (χ1) is 3.91. The Morgan fingerprint density at radius 3 is 3.00 bits per heavy atom. The standard InChI is InChI=1S/C6H10NO/c1-2-3-4-7-5-6-8/h2-3,7H,4-5H2,1H3/b3-2+. The molecule has 8 heavy (non-hydrogen) atoms. The fourth-order valence-electron chi connectivity index (χ4n) is 0.324. The summed E-state index contributed by atoms with van der Waals surface area (Å²) in [5, 5.41) is 2.83. The molecule has 0 saturated heterocycles. The second-order valence-electron chi connectivity index (χ2n) is 1.34. The zero-order valence-corrected chi connectivity index (χ0v) is 4.98. The van der Waals surface area contributed by atoms with E-state index in [2.05, 4.69) is 5.32 Å². The molecular formula is C6H10NO. The van der Waals surface area contributed by atoms with Gasteiger partial charge in [0.2, 0.25) is 6.29 Å². The zero-order chi connectivity index (χ0) is 6.24. The first-order valence-corrected chi connectivity index (χ1v) is 2.58. The highest BCUT2D eigenvalue weighted by Crippen LogP contribution is 1.63. The van der Waals surface area contributed by atoms with Crippen molar-refractivity contribution in [2.45, 2.75) is 6.92 Å². The van der Waals surface area contributed by atoms with Crippen molar-refractivity contribution in [1.82, 2.24) is 5.32 Å². The van der Waals surface area contributed by atoms with Crippen LogP contribution in [0.5, 0.6) is 0 Å². The fraction of sp³-hybridized carbons (Fsp3) is 0.500. The van der Waals surface area contributed by atoms with Crippen LogP contribution >= 0.6 is 0 Å². The molecule has 0 aromatic heterocycles. The number of carbonyl (C=O) groups excluding carboxylic acids is 1.